The Bertz CT molecular complexity index is 811. The summed E-state index contributed by atoms with van der Waals surface area (Å²) in [5, 5.41) is 7.94. The number of carbonyl (C=O) groups excluding carboxylic acids is 1. The van der Waals surface area contributed by atoms with Crippen molar-refractivity contribution in [3.8, 4) is 0 Å². The van der Waals surface area contributed by atoms with Crippen molar-refractivity contribution in [1.82, 2.24) is 24.6 Å². The predicted molar refractivity (Wildman–Crippen MR) is 91.4 cm³/mol. The predicted octanol–water partition coefficient (Wildman–Crippen LogP) is 0.764. The molecule has 0 aliphatic heterocycles. The lowest BCUT2D eigenvalue weighted by molar-refractivity contribution is 0.0777. The van der Waals surface area contributed by atoms with Crippen LogP contribution in [0.4, 0.5) is 0 Å². The number of carbonyl (C=O) groups is 1. The van der Waals surface area contributed by atoms with E-state index in [2.05, 4.69) is 15.2 Å². The summed E-state index contributed by atoms with van der Waals surface area (Å²) in [5.41, 5.74) is 1.91. The molecule has 1 N–H and O–H groups in total. The molecule has 0 unspecified atom stereocenters. The van der Waals surface area contributed by atoms with Crippen molar-refractivity contribution in [2.45, 2.75) is 38.8 Å². The van der Waals surface area contributed by atoms with Crippen molar-refractivity contribution in [2.24, 2.45) is 0 Å². The van der Waals surface area contributed by atoms with E-state index in [1.807, 2.05) is 4.57 Å². The summed E-state index contributed by atoms with van der Waals surface area (Å²) >= 11 is 0. The maximum atomic E-state index is 12.7. The molecule has 3 rings (SSSR count). The smallest absolute Gasteiger partial charge is 0.261 e. The number of nitrogens with zero attached hydrogens (tertiary/aromatic N) is 4. The molecule has 25 heavy (non-hydrogen) atoms. The van der Waals surface area contributed by atoms with Crippen molar-refractivity contribution in [2.75, 3.05) is 20.8 Å². The van der Waals surface area contributed by atoms with Crippen LogP contribution in [0.1, 0.15) is 40.3 Å². The topological polar surface area (TPSA) is 93.1 Å². The Hall–Kier alpha value is -2.48. The van der Waals surface area contributed by atoms with Gasteiger partial charge in [-0.05, 0) is 37.3 Å². The molecule has 1 aliphatic carbocycles. The van der Waals surface area contributed by atoms with Crippen LogP contribution >= 0.6 is 0 Å². The fourth-order valence-corrected chi connectivity index (χ4v) is 3.10. The maximum absolute atomic E-state index is 12.7. The van der Waals surface area contributed by atoms with Gasteiger partial charge in [-0.2, -0.15) is 0 Å². The summed E-state index contributed by atoms with van der Waals surface area (Å²) < 4.78 is 6.90. The first-order chi connectivity index (χ1) is 12.1. The van der Waals surface area contributed by atoms with Gasteiger partial charge in [-0.25, -0.2) is 0 Å². The molecule has 2 heterocycles. The van der Waals surface area contributed by atoms with Gasteiger partial charge in [0, 0.05) is 26.4 Å². The SMILES string of the molecule is COCCn1cnnc1CN(C)C(=O)c1cc2c([nH]c1=O)CCCC2. The monoisotopic (exact) mass is 345 g/mol. The van der Waals surface area contributed by atoms with Crippen molar-refractivity contribution < 1.29 is 9.53 Å². The second-order valence-electron chi connectivity index (χ2n) is 6.32. The van der Waals surface area contributed by atoms with Crippen LogP contribution in [0.5, 0.6) is 0 Å². The minimum absolute atomic E-state index is 0.186. The van der Waals surface area contributed by atoms with Gasteiger partial charge in [-0.15, -0.1) is 10.2 Å². The van der Waals surface area contributed by atoms with Crippen LogP contribution in [0, 0.1) is 0 Å². The summed E-state index contributed by atoms with van der Waals surface area (Å²) in [6.45, 7) is 1.42. The summed E-state index contributed by atoms with van der Waals surface area (Å²) in [6.07, 6.45) is 5.55. The summed E-state index contributed by atoms with van der Waals surface area (Å²) in [4.78, 5) is 29.4. The zero-order valence-electron chi connectivity index (χ0n) is 14.6. The van der Waals surface area contributed by atoms with Gasteiger partial charge in [0.2, 0.25) is 0 Å². The van der Waals surface area contributed by atoms with Crippen LogP contribution in [0.25, 0.3) is 0 Å². The zero-order valence-corrected chi connectivity index (χ0v) is 14.6. The number of hydrogen-bond acceptors (Lipinski definition) is 5. The summed E-state index contributed by atoms with van der Waals surface area (Å²) in [6, 6.07) is 1.75. The molecular weight excluding hydrogens is 322 g/mol. The van der Waals surface area contributed by atoms with Crippen LogP contribution in [0.2, 0.25) is 0 Å². The van der Waals surface area contributed by atoms with Crippen LogP contribution in [0.15, 0.2) is 17.2 Å². The van der Waals surface area contributed by atoms with E-state index in [0.717, 1.165) is 36.9 Å². The Labute approximate surface area is 145 Å². The minimum Gasteiger partial charge on any atom is -0.383 e. The van der Waals surface area contributed by atoms with Gasteiger partial charge in [0.15, 0.2) is 5.82 Å². The molecule has 0 atom stereocenters. The molecular formula is C17H23N5O3. The third kappa shape index (κ3) is 3.79. The molecule has 0 bridgehead atoms. The van der Waals surface area contributed by atoms with Crippen LogP contribution in [-0.4, -0.2) is 51.3 Å². The largest absolute Gasteiger partial charge is 0.383 e. The molecule has 2 aromatic heterocycles. The Morgan fingerprint density at radius 2 is 2.20 bits per heavy atom. The van der Waals surface area contributed by atoms with Crippen molar-refractivity contribution in [1.29, 1.82) is 0 Å². The number of hydrogen-bond donors (Lipinski definition) is 1. The van der Waals surface area contributed by atoms with E-state index >= 15 is 0 Å². The van der Waals surface area contributed by atoms with E-state index in [1.165, 1.54) is 4.90 Å². The van der Waals surface area contributed by atoms with Gasteiger partial charge in [0.05, 0.1) is 13.2 Å². The van der Waals surface area contributed by atoms with Gasteiger partial charge >= 0.3 is 0 Å². The fourth-order valence-electron chi connectivity index (χ4n) is 3.10. The number of nitrogens with one attached hydrogen (secondary N) is 1. The molecule has 8 nitrogen and oxygen atoms in total. The number of methoxy groups -OCH3 is 1. The molecule has 0 saturated heterocycles. The Balaban J connectivity index is 1.77. The lowest BCUT2D eigenvalue weighted by Crippen LogP contribution is -2.33. The van der Waals surface area contributed by atoms with E-state index in [9.17, 15) is 9.59 Å². The third-order valence-corrected chi connectivity index (χ3v) is 4.53. The normalized spacial score (nSPS) is 13.5. The number of ether oxygens (including phenoxy) is 1. The zero-order chi connectivity index (χ0) is 17.8. The molecule has 0 saturated carbocycles. The molecule has 0 fully saturated rings. The van der Waals surface area contributed by atoms with Crippen LogP contribution in [0.3, 0.4) is 0 Å². The van der Waals surface area contributed by atoms with Crippen LogP contribution < -0.4 is 5.56 Å². The molecule has 134 valence electrons. The van der Waals surface area contributed by atoms with E-state index in [1.54, 1.807) is 26.6 Å². The van der Waals surface area contributed by atoms with Gasteiger partial charge in [-0.3, -0.25) is 9.59 Å². The van der Waals surface area contributed by atoms with Gasteiger partial charge in [0.1, 0.15) is 11.9 Å². The molecule has 0 spiro atoms. The quantitative estimate of drug-likeness (QED) is 0.834. The maximum Gasteiger partial charge on any atom is 0.261 e. The first-order valence-electron chi connectivity index (χ1n) is 8.46. The summed E-state index contributed by atoms with van der Waals surface area (Å²) in [7, 11) is 3.29. The number of fused-ring (bicyclic) bond motifs is 1. The van der Waals surface area contributed by atoms with E-state index in [4.69, 9.17) is 4.74 Å². The highest BCUT2D eigenvalue weighted by Crippen LogP contribution is 2.19. The van der Waals surface area contributed by atoms with Gasteiger partial charge in [0.25, 0.3) is 11.5 Å². The number of rotatable bonds is 6. The average Bonchev–Trinajstić information content (AvgIpc) is 3.05. The average molecular weight is 345 g/mol. The Morgan fingerprint density at radius 3 is 3.00 bits per heavy atom. The molecule has 0 aromatic carbocycles. The van der Waals surface area contributed by atoms with Crippen LogP contribution in [-0.2, 0) is 30.7 Å². The molecule has 0 radical (unpaired) electrons. The first kappa shape index (κ1) is 17.3. The highest BCUT2D eigenvalue weighted by Gasteiger charge is 2.21. The molecule has 1 aliphatic rings. The number of H-pyrrole nitrogens is 1. The molecule has 8 heteroatoms. The summed E-state index contributed by atoms with van der Waals surface area (Å²) in [5.74, 6) is 0.346. The standard InChI is InChI=1S/C17H23N5O3/c1-21(10-15-20-18-11-22(15)7-8-25-2)17(24)13-9-12-5-3-4-6-14(12)19-16(13)23/h9,11H,3-8,10H2,1-2H3,(H,19,23). The Kier molecular flexibility index (Phi) is 5.28. The second kappa shape index (κ2) is 7.60. The van der Waals surface area contributed by atoms with Crippen molar-refractivity contribution in [3.05, 3.63) is 45.4 Å². The third-order valence-electron chi connectivity index (χ3n) is 4.53. The number of aromatic nitrogens is 4. The van der Waals surface area contributed by atoms with E-state index < -0.39 is 0 Å². The fraction of sp³-hybridized carbons (Fsp3) is 0.529. The van der Waals surface area contributed by atoms with Crippen molar-refractivity contribution in [3.63, 3.8) is 0 Å². The first-order valence-corrected chi connectivity index (χ1v) is 8.46. The van der Waals surface area contributed by atoms with E-state index in [-0.39, 0.29) is 23.6 Å². The van der Waals surface area contributed by atoms with E-state index in [0.29, 0.717) is 19.0 Å². The number of pyridine rings is 1. The van der Waals surface area contributed by atoms with Gasteiger partial charge in [-0.1, -0.05) is 0 Å². The number of amides is 1. The molecule has 2 aromatic rings. The Morgan fingerprint density at radius 1 is 1.40 bits per heavy atom. The molecule has 1 amide bonds. The number of aromatic amines is 1. The second-order valence-corrected chi connectivity index (χ2v) is 6.32. The number of aryl methyl sites for hydroxylation is 2. The minimum atomic E-state index is -0.321. The lowest BCUT2D eigenvalue weighted by atomic mass is 9.95. The highest BCUT2D eigenvalue weighted by atomic mass is 16.5. The highest BCUT2D eigenvalue weighted by molar-refractivity contribution is 5.93. The van der Waals surface area contributed by atoms with Crippen molar-refractivity contribution >= 4 is 5.91 Å². The van der Waals surface area contributed by atoms with Gasteiger partial charge < -0.3 is 19.2 Å². The lowest BCUT2D eigenvalue weighted by Gasteiger charge is -2.19.